The molecule has 0 aliphatic rings. The Balaban J connectivity index is 2.42. The molecule has 2 aromatic rings. The first-order chi connectivity index (χ1) is 12.5. The van der Waals surface area contributed by atoms with Crippen LogP contribution in [0.15, 0.2) is 36.4 Å². The van der Waals surface area contributed by atoms with Crippen LogP contribution in [0.1, 0.15) is 13.3 Å². The number of halogens is 4. The van der Waals surface area contributed by atoms with Gasteiger partial charge in [-0.2, -0.15) is 0 Å². The van der Waals surface area contributed by atoms with Crippen LogP contribution in [-0.4, -0.2) is 26.6 Å². The molecule has 0 spiro atoms. The van der Waals surface area contributed by atoms with Crippen LogP contribution in [0, 0.1) is 0 Å². The summed E-state index contributed by atoms with van der Waals surface area (Å²) < 4.78 is 25.8. The number of anilines is 2. The van der Waals surface area contributed by atoms with E-state index >= 15 is 0 Å². The molecule has 27 heavy (non-hydrogen) atoms. The monoisotopic (exact) mass is 468 g/mol. The molecule has 0 radical (unpaired) electrons. The molecular weight excluding hydrogens is 454 g/mol. The Bertz CT molecular complexity index is 967. The first kappa shape index (κ1) is 22.1. The maximum Gasteiger partial charge on any atom is 0.248 e. The highest BCUT2D eigenvalue weighted by atomic mass is 35.5. The van der Waals surface area contributed by atoms with Gasteiger partial charge in [0.25, 0.3) is 0 Å². The zero-order valence-corrected chi connectivity index (χ0v) is 18.2. The molecule has 0 fully saturated rings. The Hall–Kier alpha value is -1.18. The maximum absolute atomic E-state index is 12.9. The Morgan fingerprint density at radius 1 is 1.07 bits per heavy atom. The van der Waals surface area contributed by atoms with E-state index in [4.69, 9.17) is 46.4 Å². The maximum atomic E-state index is 12.9. The van der Waals surface area contributed by atoms with E-state index in [1.807, 2.05) is 0 Å². The van der Waals surface area contributed by atoms with Crippen molar-refractivity contribution in [1.29, 1.82) is 0 Å². The van der Waals surface area contributed by atoms with Crippen LogP contribution in [-0.2, 0) is 14.8 Å². The molecule has 2 rings (SSSR count). The van der Waals surface area contributed by atoms with Crippen molar-refractivity contribution in [3.8, 4) is 0 Å². The van der Waals surface area contributed by atoms with Crippen molar-refractivity contribution in [2.75, 3.05) is 15.9 Å². The van der Waals surface area contributed by atoms with Crippen LogP contribution in [0.2, 0.25) is 20.1 Å². The Labute approximate surface area is 178 Å². The van der Waals surface area contributed by atoms with E-state index in [9.17, 15) is 13.2 Å². The lowest BCUT2D eigenvalue weighted by molar-refractivity contribution is -0.117. The summed E-state index contributed by atoms with van der Waals surface area (Å²) in [5.41, 5.74) is 0.515. The molecular formula is C17H16Cl4N2O3S. The SMILES string of the molecule is CCC(C(=O)Nc1cc(Cl)c(Cl)cc1Cl)N(c1cccc(Cl)c1)S(C)(=O)=O. The third-order valence-corrected chi connectivity index (χ3v) is 6.11. The van der Waals surface area contributed by atoms with Gasteiger partial charge in [-0.1, -0.05) is 59.4 Å². The van der Waals surface area contributed by atoms with Gasteiger partial charge in [0.15, 0.2) is 0 Å². The standard InChI is InChI=1S/C17H16Cl4N2O3S/c1-3-16(17(24)22-15-9-13(20)12(19)8-14(15)21)23(27(2,25)26)11-6-4-5-10(18)7-11/h4-9,16H,3H2,1-2H3,(H,22,24). The van der Waals surface area contributed by atoms with Gasteiger partial charge in [0.05, 0.1) is 32.7 Å². The van der Waals surface area contributed by atoms with Crippen molar-refractivity contribution >= 4 is 73.7 Å². The Kier molecular flexibility index (Phi) is 7.27. The molecule has 2 aromatic carbocycles. The first-order valence-corrected chi connectivity index (χ1v) is 11.1. The minimum atomic E-state index is -3.77. The normalized spacial score (nSPS) is 12.5. The molecule has 0 aromatic heterocycles. The summed E-state index contributed by atoms with van der Waals surface area (Å²) in [4.78, 5) is 12.9. The van der Waals surface area contributed by atoms with E-state index in [-0.39, 0.29) is 32.9 Å². The third kappa shape index (κ3) is 5.42. The highest BCUT2D eigenvalue weighted by Crippen LogP contribution is 2.33. The number of benzene rings is 2. The summed E-state index contributed by atoms with van der Waals surface area (Å²) in [6.45, 7) is 1.70. The minimum Gasteiger partial charge on any atom is -0.323 e. The number of nitrogens with one attached hydrogen (secondary N) is 1. The van der Waals surface area contributed by atoms with Gasteiger partial charge in [0, 0.05) is 5.02 Å². The van der Waals surface area contributed by atoms with Gasteiger partial charge in [0.1, 0.15) is 6.04 Å². The molecule has 0 saturated carbocycles. The van der Waals surface area contributed by atoms with Crippen molar-refractivity contribution in [3.63, 3.8) is 0 Å². The van der Waals surface area contributed by atoms with Crippen molar-refractivity contribution in [2.45, 2.75) is 19.4 Å². The Morgan fingerprint density at radius 2 is 1.70 bits per heavy atom. The van der Waals surface area contributed by atoms with E-state index in [0.29, 0.717) is 5.02 Å². The van der Waals surface area contributed by atoms with Gasteiger partial charge < -0.3 is 5.32 Å². The van der Waals surface area contributed by atoms with Crippen molar-refractivity contribution in [3.05, 3.63) is 56.5 Å². The van der Waals surface area contributed by atoms with Gasteiger partial charge >= 0.3 is 0 Å². The van der Waals surface area contributed by atoms with E-state index < -0.39 is 22.0 Å². The fourth-order valence-corrected chi connectivity index (χ4v) is 4.49. The summed E-state index contributed by atoms with van der Waals surface area (Å²) in [7, 11) is -3.77. The molecule has 0 saturated heterocycles. The molecule has 0 aliphatic heterocycles. The second kappa shape index (κ2) is 8.88. The summed E-state index contributed by atoms with van der Waals surface area (Å²) in [6, 6.07) is 8.04. The highest BCUT2D eigenvalue weighted by molar-refractivity contribution is 7.92. The zero-order valence-electron chi connectivity index (χ0n) is 14.3. The summed E-state index contributed by atoms with van der Waals surface area (Å²) in [6.07, 6.45) is 1.24. The molecule has 1 N–H and O–H groups in total. The first-order valence-electron chi connectivity index (χ1n) is 7.75. The molecule has 0 heterocycles. The number of rotatable bonds is 6. The number of hydrogen-bond donors (Lipinski definition) is 1. The number of hydrogen-bond acceptors (Lipinski definition) is 3. The fourth-order valence-electron chi connectivity index (χ4n) is 2.51. The fraction of sp³-hybridized carbons (Fsp3) is 0.235. The van der Waals surface area contributed by atoms with Crippen LogP contribution in [0.4, 0.5) is 11.4 Å². The van der Waals surface area contributed by atoms with Crippen LogP contribution >= 0.6 is 46.4 Å². The predicted octanol–water partition coefficient (Wildman–Crippen LogP) is 5.48. The molecule has 146 valence electrons. The number of amides is 1. The number of carbonyl (C=O) groups excluding carboxylic acids is 1. The molecule has 10 heteroatoms. The lowest BCUT2D eigenvalue weighted by Crippen LogP contribution is -2.47. The largest absolute Gasteiger partial charge is 0.323 e. The van der Waals surface area contributed by atoms with Crippen LogP contribution < -0.4 is 9.62 Å². The third-order valence-electron chi connectivity index (χ3n) is 3.66. The lowest BCUT2D eigenvalue weighted by atomic mass is 10.2. The van der Waals surface area contributed by atoms with Gasteiger partial charge in [-0.15, -0.1) is 0 Å². The highest BCUT2D eigenvalue weighted by Gasteiger charge is 2.32. The summed E-state index contributed by atoms with van der Waals surface area (Å²) in [5.74, 6) is -0.566. The number of nitrogens with zero attached hydrogens (tertiary/aromatic N) is 1. The van der Waals surface area contributed by atoms with E-state index in [1.165, 1.54) is 18.2 Å². The topological polar surface area (TPSA) is 66.5 Å². The zero-order chi connectivity index (χ0) is 20.4. The molecule has 0 bridgehead atoms. The second-order valence-electron chi connectivity index (χ2n) is 5.70. The molecule has 5 nitrogen and oxygen atoms in total. The molecule has 0 aliphatic carbocycles. The molecule has 1 amide bonds. The summed E-state index contributed by atoms with van der Waals surface area (Å²) >= 11 is 23.9. The van der Waals surface area contributed by atoms with Crippen molar-refractivity contribution in [1.82, 2.24) is 0 Å². The molecule has 1 atom stereocenters. The number of carbonyl (C=O) groups is 1. The number of sulfonamides is 1. The average Bonchev–Trinajstić information content (AvgIpc) is 2.56. The van der Waals surface area contributed by atoms with Crippen LogP contribution in [0.3, 0.4) is 0 Å². The van der Waals surface area contributed by atoms with E-state index in [0.717, 1.165) is 10.6 Å². The van der Waals surface area contributed by atoms with Gasteiger partial charge in [-0.25, -0.2) is 8.42 Å². The lowest BCUT2D eigenvalue weighted by Gasteiger charge is -2.30. The van der Waals surface area contributed by atoms with E-state index in [2.05, 4.69) is 5.32 Å². The quantitative estimate of drug-likeness (QED) is 0.569. The Morgan fingerprint density at radius 3 is 2.26 bits per heavy atom. The second-order valence-corrected chi connectivity index (χ2v) is 9.22. The van der Waals surface area contributed by atoms with Gasteiger partial charge in [-0.05, 0) is 36.8 Å². The molecule has 1 unspecified atom stereocenters. The van der Waals surface area contributed by atoms with E-state index in [1.54, 1.807) is 25.1 Å². The average molecular weight is 470 g/mol. The van der Waals surface area contributed by atoms with Crippen LogP contribution in [0.5, 0.6) is 0 Å². The predicted molar refractivity (Wildman–Crippen MR) is 113 cm³/mol. The van der Waals surface area contributed by atoms with Gasteiger partial charge in [0.2, 0.25) is 15.9 Å². The smallest absolute Gasteiger partial charge is 0.248 e. The summed E-state index contributed by atoms with van der Waals surface area (Å²) in [5, 5.41) is 3.59. The van der Waals surface area contributed by atoms with Crippen molar-refractivity contribution in [2.24, 2.45) is 0 Å². The minimum absolute atomic E-state index is 0.182. The van der Waals surface area contributed by atoms with Gasteiger partial charge in [-0.3, -0.25) is 9.10 Å². The van der Waals surface area contributed by atoms with Crippen LogP contribution in [0.25, 0.3) is 0 Å². The van der Waals surface area contributed by atoms with Crippen molar-refractivity contribution < 1.29 is 13.2 Å².